The number of fused-ring (bicyclic) bond motifs is 1. The molecule has 6 heteroatoms. The molecule has 2 atom stereocenters. The first-order chi connectivity index (χ1) is 8.08. The number of anilines is 1. The molecule has 3 nitrogen and oxygen atoms in total. The molecule has 0 amide bonds. The number of alkyl halides is 2. The van der Waals surface area contributed by atoms with E-state index in [1.165, 1.54) is 12.4 Å². The second-order valence-electron chi connectivity index (χ2n) is 4.74. The highest BCUT2D eigenvalue weighted by molar-refractivity contribution is 6.31. The number of hydrogen-bond donors (Lipinski definition) is 0. The van der Waals surface area contributed by atoms with Crippen molar-refractivity contribution in [3.63, 3.8) is 0 Å². The van der Waals surface area contributed by atoms with Crippen molar-refractivity contribution in [1.29, 1.82) is 0 Å². The van der Waals surface area contributed by atoms with Crippen LogP contribution < -0.4 is 4.90 Å². The topological polar surface area (TPSA) is 29.0 Å². The molecule has 1 saturated carbocycles. The number of rotatable bonds is 1. The molecule has 0 N–H and O–H groups in total. The second-order valence-corrected chi connectivity index (χ2v) is 5.10. The average molecular weight is 260 g/mol. The van der Waals surface area contributed by atoms with Crippen molar-refractivity contribution in [3.8, 4) is 0 Å². The van der Waals surface area contributed by atoms with Crippen LogP contribution in [0.2, 0.25) is 5.15 Å². The number of halogens is 3. The predicted octanol–water partition coefficient (Wildman–Crippen LogP) is 2.61. The predicted molar refractivity (Wildman–Crippen MR) is 60.4 cm³/mol. The summed E-state index contributed by atoms with van der Waals surface area (Å²) in [6.07, 6.45) is 3.64. The zero-order chi connectivity index (χ0) is 12.0. The lowest BCUT2D eigenvalue weighted by atomic mass is 9.99. The van der Waals surface area contributed by atoms with Crippen molar-refractivity contribution in [2.75, 3.05) is 18.0 Å². The fourth-order valence-electron chi connectivity index (χ4n) is 2.90. The summed E-state index contributed by atoms with van der Waals surface area (Å²) in [4.78, 5) is 9.88. The molecule has 2 aliphatic rings. The monoisotopic (exact) mass is 259 g/mol. The molecular weight excluding hydrogens is 248 g/mol. The van der Waals surface area contributed by atoms with E-state index in [0.29, 0.717) is 25.3 Å². The van der Waals surface area contributed by atoms with Crippen LogP contribution in [-0.2, 0) is 0 Å². The summed E-state index contributed by atoms with van der Waals surface area (Å²) in [5.74, 6) is -2.50. The lowest BCUT2D eigenvalue weighted by Crippen LogP contribution is -2.29. The normalized spacial score (nSPS) is 30.6. The number of nitrogens with zero attached hydrogens (tertiary/aromatic N) is 3. The molecule has 1 aromatic heterocycles. The zero-order valence-corrected chi connectivity index (χ0v) is 9.87. The van der Waals surface area contributed by atoms with Gasteiger partial charge in [-0.1, -0.05) is 11.6 Å². The molecule has 2 fully saturated rings. The molecule has 0 aromatic carbocycles. The van der Waals surface area contributed by atoms with Gasteiger partial charge in [0.2, 0.25) is 0 Å². The summed E-state index contributed by atoms with van der Waals surface area (Å²) in [5.41, 5.74) is 0. The van der Waals surface area contributed by atoms with Crippen LogP contribution >= 0.6 is 11.6 Å². The third-order valence-corrected chi connectivity index (χ3v) is 4.03. The molecule has 1 aliphatic carbocycles. The van der Waals surface area contributed by atoms with Crippen molar-refractivity contribution >= 4 is 17.4 Å². The minimum Gasteiger partial charge on any atom is -0.353 e. The van der Waals surface area contributed by atoms with Gasteiger partial charge in [-0.05, 0) is 12.3 Å². The lowest BCUT2D eigenvalue weighted by Gasteiger charge is -2.21. The number of aromatic nitrogens is 2. The molecule has 92 valence electrons. The Labute approximate surface area is 103 Å². The second kappa shape index (κ2) is 3.77. The van der Waals surface area contributed by atoms with E-state index < -0.39 is 11.8 Å². The fraction of sp³-hybridized carbons (Fsp3) is 0.636. The van der Waals surface area contributed by atoms with E-state index in [4.69, 9.17) is 11.6 Å². The van der Waals surface area contributed by atoms with Gasteiger partial charge in [0.05, 0.1) is 0 Å². The first kappa shape index (κ1) is 11.1. The minimum atomic E-state index is -2.53. The maximum atomic E-state index is 13.6. The van der Waals surface area contributed by atoms with E-state index in [-0.39, 0.29) is 17.5 Å². The van der Waals surface area contributed by atoms with Crippen molar-refractivity contribution in [2.24, 2.45) is 11.8 Å². The van der Waals surface area contributed by atoms with Crippen LogP contribution in [0.3, 0.4) is 0 Å². The smallest absolute Gasteiger partial charge is 0.252 e. The van der Waals surface area contributed by atoms with Crippen molar-refractivity contribution in [2.45, 2.75) is 18.8 Å². The third-order valence-electron chi connectivity index (χ3n) is 3.77. The Bertz CT molecular complexity index is 440. The summed E-state index contributed by atoms with van der Waals surface area (Å²) in [7, 11) is 0. The minimum absolute atomic E-state index is 0.0182. The van der Waals surface area contributed by atoms with Gasteiger partial charge in [0.1, 0.15) is 0 Å². The quantitative estimate of drug-likeness (QED) is 0.776. The molecule has 17 heavy (non-hydrogen) atoms. The van der Waals surface area contributed by atoms with E-state index >= 15 is 0 Å². The molecule has 2 heterocycles. The summed E-state index contributed by atoms with van der Waals surface area (Å²) < 4.78 is 27.2. The fourth-order valence-corrected chi connectivity index (χ4v) is 3.13. The summed E-state index contributed by atoms with van der Waals surface area (Å²) in [5, 5.41) is 0.288. The van der Waals surface area contributed by atoms with Crippen LogP contribution in [0.1, 0.15) is 12.8 Å². The van der Waals surface area contributed by atoms with Gasteiger partial charge in [-0.3, -0.25) is 0 Å². The van der Waals surface area contributed by atoms with Crippen molar-refractivity contribution < 1.29 is 8.78 Å². The molecule has 0 bridgehead atoms. The van der Waals surface area contributed by atoms with Crippen LogP contribution in [0.15, 0.2) is 12.4 Å². The Kier molecular flexibility index (Phi) is 2.47. The Hall–Kier alpha value is -0.970. The highest BCUT2D eigenvalue weighted by atomic mass is 35.5. The van der Waals surface area contributed by atoms with E-state index in [9.17, 15) is 8.78 Å². The van der Waals surface area contributed by atoms with Crippen LogP contribution in [-0.4, -0.2) is 29.0 Å². The van der Waals surface area contributed by atoms with Gasteiger partial charge < -0.3 is 4.90 Å². The van der Waals surface area contributed by atoms with Crippen LogP contribution in [0.25, 0.3) is 0 Å². The van der Waals surface area contributed by atoms with Gasteiger partial charge in [0, 0.05) is 37.8 Å². The van der Waals surface area contributed by atoms with Gasteiger partial charge in [-0.25, -0.2) is 18.7 Å². The molecule has 1 aromatic rings. The first-order valence-electron chi connectivity index (χ1n) is 5.67. The Morgan fingerprint density at radius 3 is 2.76 bits per heavy atom. The van der Waals surface area contributed by atoms with Crippen LogP contribution in [0.5, 0.6) is 0 Å². The van der Waals surface area contributed by atoms with E-state index in [1.807, 2.05) is 4.90 Å². The average Bonchev–Trinajstić information content (AvgIpc) is 2.81. The Morgan fingerprint density at radius 2 is 2.06 bits per heavy atom. The van der Waals surface area contributed by atoms with Gasteiger partial charge in [-0.15, -0.1) is 0 Å². The van der Waals surface area contributed by atoms with Gasteiger partial charge in [-0.2, -0.15) is 0 Å². The largest absolute Gasteiger partial charge is 0.353 e. The highest BCUT2D eigenvalue weighted by Gasteiger charge is 2.54. The molecule has 3 rings (SSSR count). The van der Waals surface area contributed by atoms with E-state index in [0.717, 1.165) is 0 Å². The van der Waals surface area contributed by atoms with E-state index in [1.54, 1.807) is 0 Å². The summed E-state index contributed by atoms with van der Waals surface area (Å²) in [6, 6.07) is 0. The van der Waals surface area contributed by atoms with Crippen LogP contribution in [0.4, 0.5) is 14.6 Å². The molecule has 1 aliphatic heterocycles. The maximum Gasteiger partial charge on any atom is 0.252 e. The standard InChI is InChI=1S/C11H12ClF2N3/c12-9-10(16-4-3-15-9)17-5-7-1-2-11(13,14)8(7)6-17/h3-4,7-8H,1-2,5-6H2/t7-,8-/m1/s1. The Balaban J connectivity index is 1.84. The third kappa shape index (κ3) is 1.76. The Morgan fingerprint density at radius 1 is 1.29 bits per heavy atom. The molecule has 0 radical (unpaired) electrons. The first-order valence-corrected chi connectivity index (χ1v) is 6.05. The maximum absolute atomic E-state index is 13.6. The SMILES string of the molecule is FC1(F)CC[C@@H]2CN(c3nccnc3Cl)C[C@H]21. The van der Waals surface area contributed by atoms with Crippen molar-refractivity contribution in [3.05, 3.63) is 17.5 Å². The van der Waals surface area contributed by atoms with Crippen molar-refractivity contribution in [1.82, 2.24) is 9.97 Å². The molecule has 0 spiro atoms. The van der Waals surface area contributed by atoms with Gasteiger partial charge in [0.25, 0.3) is 5.92 Å². The lowest BCUT2D eigenvalue weighted by molar-refractivity contribution is -0.0351. The number of hydrogen-bond acceptors (Lipinski definition) is 3. The highest BCUT2D eigenvalue weighted by Crippen LogP contribution is 2.49. The summed E-state index contributed by atoms with van der Waals surface area (Å²) in [6.45, 7) is 0.939. The van der Waals surface area contributed by atoms with E-state index in [2.05, 4.69) is 9.97 Å². The molecular formula is C11H12ClF2N3. The van der Waals surface area contributed by atoms with Crippen LogP contribution in [0, 0.1) is 11.8 Å². The van der Waals surface area contributed by atoms with Gasteiger partial charge >= 0.3 is 0 Å². The molecule has 1 saturated heterocycles. The zero-order valence-electron chi connectivity index (χ0n) is 9.11. The molecule has 0 unspecified atom stereocenters. The summed E-state index contributed by atoms with van der Waals surface area (Å²) >= 11 is 5.93. The van der Waals surface area contributed by atoms with Gasteiger partial charge in [0.15, 0.2) is 11.0 Å².